The standard InChI is InChI=1S/C24H28ClN3O7/c1-2-33-24(31)14-26-22(29)15-28-9-10-32-11-12-34-20-5-3-4-6-21(20)35-19-8-7-17(25)13-18(19)27-23(30)16-28/h3-8,13H,2,9-12,14-16H2,1H3,(H,26,29)(H,27,30). The number of amides is 2. The lowest BCUT2D eigenvalue weighted by molar-refractivity contribution is -0.143. The van der Waals surface area contributed by atoms with Crippen LogP contribution >= 0.6 is 11.6 Å². The first-order valence-electron chi connectivity index (χ1n) is 11.2. The Morgan fingerprint density at radius 1 is 1.11 bits per heavy atom. The number of esters is 1. The number of hydrogen-bond acceptors (Lipinski definition) is 8. The molecule has 11 heteroatoms. The number of carbonyl (C=O) groups excluding carboxylic acids is 3. The maximum absolute atomic E-state index is 12.9. The number of nitrogens with zero attached hydrogens (tertiary/aromatic N) is 1. The lowest BCUT2D eigenvalue weighted by atomic mass is 10.2. The molecule has 2 aromatic carbocycles. The second-order valence-electron chi connectivity index (χ2n) is 7.49. The minimum atomic E-state index is -0.534. The molecule has 1 aliphatic rings. The highest BCUT2D eigenvalue weighted by Gasteiger charge is 2.18. The fourth-order valence-electron chi connectivity index (χ4n) is 3.22. The Balaban J connectivity index is 1.74. The third kappa shape index (κ3) is 8.75. The molecule has 0 radical (unpaired) electrons. The SMILES string of the molecule is CCOC(=O)CNC(=O)CN1CCOCCOc2ccccc2Oc2ccc(Cl)cc2NC(=O)C1. The average Bonchev–Trinajstić information content (AvgIpc) is 2.82. The molecule has 0 fully saturated rings. The van der Waals surface area contributed by atoms with E-state index in [9.17, 15) is 14.4 Å². The van der Waals surface area contributed by atoms with Crippen molar-refractivity contribution in [1.82, 2.24) is 10.2 Å². The van der Waals surface area contributed by atoms with Crippen LogP contribution in [0.4, 0.5) is 5.69 Å². The van der Waals surface area contributed by atoms with Crippen LogP contribution in [0.1, 0.15) is 6.92 Å². The lowest BCUT2D eigenvalue weighted by Crippen LogP contribution is -2.44. The van der Waals surface area contributed by atoms with Gasteiger partial charge in [-0.3, -0.25) is 19.3 Å². The second-order valence-corrected chi connectivity index (χ2v) is 7.93. The summed E-state index contributed by atoms with van der Waals surface area (Å²) in [6, 6.07) is 12.0. The third-order valence-corrected chi connectivity index (χ3v) is 5.03. The average molecular weight is 506 g/mol. The molecule has 2 amide bonds. The molecule has 0 aromatic heterocycles. The van der Waals surface area contributed by atoms with Gasteiger partial charge >= 0.3 is 5.97 Å². The van der Waals surface area contributed by atoms with Gasteiger partial charge in [-0.05, 0) is 37.3 Å². The van der Waals surface area contributed by atoms with Gasteiger partial charge in [-0.25, -0.2) is 0 Å². The van der Waals surface area contributed by atoms with E-state index >= 15 is 0 Å². The molecule has 0 aliphatic carbocycles. The number of ether oxygens (including phenoxy) is 4. The van der Waals surface area contributed by atoms with Gasteiger partial charge in [-0.2, -0.15) is 0 Å². The molecular formula is C24H28ClN3O7. The minimum Gasteiger partial charge on any atom is -0.487 e. The molecule has 0 unspecified atom stereocenters. The summed E-state index contributed by atoms with van der Waals surface area (Å²) in [5, 5.41) is 5.70. The minimum absolute atomic E-state index is 0.102. The van der Waals surface area contributed by atoms with E-state index in [0.717, 1.165) is 0 Å². The van der Waals surface area contributed by atoms with Crippen LogP contribution in [0.15, 0.2) is 42.5 Å². The Morgan fingerprint density at radius 3 is 2.71 bits per heavy atom. The highest BCUT2D eigenvalue weighted by atomic mass is 35.5. The Bertz CT molecular complexity index is 1030. The van der Waals surface area contributed by atoms with E-state index in [1.54, 1.807) is 42.2 Å². The monoisotopic (exact) mass is 505 g/mol. The van der Waals surface area contributed by atoms with Gasteiger partial charge in [-0.15, -0.1) is 0 Å². The maximum atomic E-state index is 12.9. The predicted octanol–water partition coefficient (Wildman–Crippen LogP) is 2.46. The van der Waals surface area contributed by atoms with E-state index < -0.39 is 11.9 Å². The van der Waals surface area contributed by atoms with Crippen molar-refractivity contribution in [2.45, 2.75) is 6.92 Å². The van der Waals surface area contributed by atoms with Crippen LogP contribution in [0.5, 0.6) is 17.2 Å². The summed E-state index contributed by atoms with van der Waals surface area (Å²) in [6.07, 6.45) is 0. The van der Waals surface area contributed by atoms with E-state index in [0.29, 0.717) is 41.1 Å². The summed E-state index contributed by atoms with van der Waals surface area (Å²) in [6.45, 7) is 2.60. The third-order valence-electron chi connectivity index (χ3n) is 4.79. The van der Waals surface area contributed by atoms with Gasteiger partial charge in [0.2, 0.25) is 11.8 Å². The number of nitrogens with one attached hydrogen (secondary N) is 2. The first-order chi connectivity index (χ1) is 16.9. The molecule has 0 saturated heterocycles. The number of benzene rings is 2. The zero-order valence-electron chi connectivity index (χ0n) is 19.4. The molecule has 0 saturated carbocycles. The summed E-state index contributed by atoms with van der Waals surface area (Å²) in [5.74, 6) is 0.0411. The number of rotatable bonds is 5. The van der Waals surface area contributed by atoms with Crippen molar-refractivity contribution < 1.29 is 33.3 Å². The largest absolute Gasteiger partial charge is 0.487 e. The van der Waals surface area contributed by atoms with Crippen LogP contribution in [0.2, 0.25) is 5.02 Å². The number of hydrogen-bond donors (Lipinski definition) is 2. The topological polar surface area (TPSA) is 115 Å². The van der Waals surface area contributed by atoms with Crippen molar-refractivity contribution in [3.8, 4) is 17.2 Å². The summed E-state index contributed by atoms with van der Waals surface area (Å²) < 4.78 is 22.3. The molecule has 0 atom stereocenters. The van der Waals surface area contributed by atoms with Crippen LogP contribution in [0.25, 0.3) is 0 Å². The van der Waals surface area contributed by atoms with Crippen molar-refractivity contribution in [2.24, 2.45) is 0 Å². The van der Waals surface area contributed by atoms with Gasteiger partial charge in [0.15, 0.2) is 17.2 Å². The van der Waals surface area contributed by atoms with Gasteiger partial charge in [0.05, 0.1) is 38.6 Å². The first kappa shape index (κ1) is 26.3. The van der Waals surface area contributed by atoms with E-state index in [-0.39, 0.29) is 45.4 Å². The summed E-state index contributed by atoms with van der Waals surface area (Å²) in [4.78, 5) is 38.3. The fraction of sp³-hybridized carbons (Fsp3) is 0.375. The van der Waals surface area contributed by atoms with E-state index in [2.05, 4.69) is 10.6 Å². The molecule has 1 heterocycles. The molecule has 2 N–H and O–H groups in total. The summed E-state index contributed by atoms with van der Waals surface area (Å²) in [5.41, 5.74) is 0.370. The highest BCUT2D eigenvalue weighted by molar-refractivity contribution is 6.31. The van der Waals surface area contributed by atoms with Crippen LogP contribution < -0.4 is 20.1 Å². The zero-order chi connectivity index (χ0) is 25.0. The van der Waals surface area contributed by atoms with Gasteiger partial charge in [-0.1, -0.05) is 23.7 Å². The fourth-order valence-corrected chi connectivity index (χ4v) is 3.39. The summed E-state index contributed by atoms with van der Waals surface area (Å²) in [7, 11) is 0. The first-order valence-corrected chi connectivity index (χ1v) is 11.5. The van der Waals surface area contributed by atoms with Gasteiger partial charge in [0.1, 0.15) is 13.2 Å². The normalized spacial score (nSPS) is 15.1. The van der Waals surface area contributed by atoms with Crippen molar-refractivity contribution >= 4 is 35.1 Å². The van der Waals surface area contributed by atoms with E-state index in [1.807, 2.05) is 12.1 Å². The molecule has 188 valence electrons. The molecule has 2 aromatic rings. The highest BCUT2D eigenvalue weighted by Crippen LogP contribution is 2.36. The molecule has 1 aliphatic heterocycles. The van der Waals surface area contributed by atoms with Crippen molar-refractivity contribution in [1.29, 1.82) is 0 Å². The van der Waals surface area contributed by atoms with Crippen molar-refractivity contribution in [2.75, 3.05) is 57.9 Å². The second kappa shape index (κ2) is 13.5. The Kier molecular flexibility index (Phi) is 10.1. The van der Waals surface area contributed by atoms with Gasteiger partial charge < -0.3 is 29.6 Å². The number of para-hydroxylation sites is 2. The number of carbonyl (C=O) groups is 3. The molecular weight excluding hydrogens is 478 g/mol. The Morgan fingerprint density at radius 2 is 1.91 bits per heavy atom. The molecule has 10 nitrogen and oxygen atoms in total. The molecule has 3 rings (SSSR count). The smallest absolute Gasteiger partial charge is 0.325 e. The predicted molar refractivity (Wildman–Crippen MR) is 129 cm³/mol. The maximum Gasteiger partial charge on any atom is 0.325 e. The molecule has 35 heavy (non-hydrogen) atoms. The zero-order valence-corrected chi connectivity index (χ0v) is 20.1. The van der Waals surface area contributed by atoms with Crippen LogP contribution in [0.3, 0.4) is 0 Å². The Labute approximate surface area is 208 Å². The van der Waals surface area contributed by atoms with Crippen molar-refractivity contribution in [3.63, 3.8) is 0 Å². The van der Waals surface area contributed by atoms with Gasteiger partial charge in [0, 0.05) is 11.6 Å². The number of anilines is 1. The summed E-state index contributed by atoms with van der Waals surface area (Å²) >= 11 is 6.15. The van der Waals surface area contributed by atoms with Crippen LogP contribution in [-0.4, -0.2) is 75.3 Å². The molecule has 0 bridgehead atoms. The quantitative estimate of drug-likeness (QED) is 0.595. The van der Waals surface area contributed by atoms with Crippen LogP contribution in [-0.2, 0) is 23.9 Å². The van der Waals surface area contributed by atoms with Crippen LogP contribution in [0, 0.1) is 0 Å². The van der Waals surface area contributed by atoms with Crippen molar-refractivity contribution in [3.05, 3.63) is 47.5 Å². The Hall–Kier alpha value is -3.34. The number of halogens is 1. The lowest BCUT2D eigenvalue weighted by Gasteiger charge is -2.21. The van der Waals surface area contributed by atoms with E-state index in [1.165, 1.54) is 0 Å². The van der Waals surface area contributed by atoms with Gasteiger partial charge in [0.25, 0.3) is 0 Å². The number of fused-ring (bicyclic) bond motifs is 2. The molecule has 0 spiro atoms. The van der Waals surface area contributed by atoms with E-state index in [4.69, 9.17) is 30.5 Å².